The molecule has 18 atom stereocenters. The molecule has 1 aliphatic carbocycles. The van der Waals surface area contributed by atoms with Crippen LogP contribution in [-0.4, -0.2) is 239 Å². The van der Waals surface area contributed by atoms with E-state index in [-0.39, 0.29) is 6.61 Å². The molecule has 3 saturated heterocycles. The Balaban J connectivity index is 1.56. The molecule has 0 unspecified atom stereocenters. The van der Waals surface area contributed by atoms with Gasteiger partial charge in [-0.25, -0.2) is 4.79 Å². The Kier molecular flexibility index (Phi) is 30.4. The van der Waals surface area contributed by atoms with Crippen LogP contribution >= 0.6 is 0 Å². The quantitative estimate of drug-likeness (QED) is 0.0764. The van der Waals surface area contributed by atoms with Crippen molar-refractivity contribution < 1.29 is 157 Å². The van der Waals surface area contributed by atoms with Crippen LogP contribution in [0.5, 0.6) is 0 Å². The van der Waals surface area contributed by atoms with Crippen molar-refractivity contribution in [3.8, 4) is 11.1 Å². The fourth-order valence-electron chi connectivity index (χ4n) is 12.7. The van der Waals surface area contributed by atoms with Crippen LogP contribution in [0.1, 0.15) is 121 Å². The van der Waals surface area contributed by atoms with Crippen LogP contribution in [0, 0.1) is 17.8 Å². The SMILES string of the molecule is CC(=O)OC[C@H]1O[C@@H]([C@H](CNC(=O)[C@H](CNC(=O)OCC2c3ccccc3-c3ccccc32)[C@@H]2O[C@H](COC(C)=O)[C@@H](OC(C)=O)[C@H](OC(C)=O)[C@H]2OC(C)=O)C(=O)NC[C@@H](C(=O)OC(C)(C)C)[C@@H]2O[C@H](COC(C)=O)[C@@H](OC(C)=O)[C@H](OC(C)=O)[C@H]2OC(C)=O)[C@H](OC(C)=O)[C@@H](OC(C)=O)[C@@H]1OC(C)=O. The van der Waals surface area contributed by atoms with Gasteiger partial charge in [-0.2, -0.15) is 0 Å². The number of hydrogen-bond acceptors (Lipinski definition) is 33. The largest absolute Gasteiger partial charge is 0.463 e. The molecular weight excluding hydrogens is 1410 g/mol. The third-order valence-electron chi connectivity index (χ3n) is 16.5. The van der Waals surface area contributed by atoms with Crippen molar-refractivity contribution in [1.82, 2.24) is 16.0 Å². The Hall–Kier alpha value is -10.4. The normalized spacial score (nSPS) is 25.3. The van der Waals surface area contributed by atoms with E-state index < -0.39 is 256 Å². The summed E-state index contributed by atoms with van der Waals surface area (Å²) in [5, 5.41) is 7.64. The molecule has 106 heavy (non-hydrogen) atoms. The molecular formula is C70H89N3O33. The summed E-state index contributed by atoms with van der Waals surface area (Å²) >= 11 is 0. The van der Waals surface area contributed by atoms with Gasteiger partial charge in [0.15, 0.2) is 54.9 Å². The van der Waals surface area contributed by atoms with Crippen molar-refractivity contribution in [2.45, 2.75) is 207 Å². The van der Waals surface area contributed by atoms with Gasteiger partial charge in [-0.3, -0.25) is 71.9 Å². The number of esters is 13. The van der Waals surface area contributed by atoms with Gasteiger partial charge in [0.25, 0.3) is 0 Å². The second kappa shape index (κ2) is 38.1. The third kappa shape index (κ3) is 23.8. The van der Waals surface area contributed by atoms with Gasteiger partial charge in [-0.05, 0) is 43.0 Å². The first-order valence-electron chi connectivity index (χ1n) is 33.5. The minimum Gasteiger partial charge on any atom is -0.463 e. The summed E-state index contributed by atoms with van der Waals surface area (Å²) in [6.45, 7) is 9.85. The molecule has 36 nitrogen and oxygen atoms in total. The Morgan fingerprint density at radius 1 is 0.340 bits per heavy atom. The maximum absolute atomic E-state index is 16.0. The van der Waals surface area contributed by atoms with E-state index in [2.05, 4.69) is 16.0 Å². The average Bonchev–Trinajstić information content (AvgIpc) is 1.59. The standard InChI is InChI=1S/C70H89N3O33/c1-31(74)90-28-51-57(94-34(4)77)63(100-40(10)83)60(97-37(7)80)54(103-51)47(66(86)72-26-49(68(88)106-70(13,14)15)56-62(99-39(9)82)65(102-42(12)85)59(96-36(6)79)53(105-56)30-92-33(3)76)24-71-67(87)48(25-73-69(89)93-27-50-45-22-18-16-20-43(45)44-21-17-19-23-46(44)50)55-61(98-38(8)81)64(101-41(11)84)58(95-35(5)78)52(104-55)29-91-32(2)75/h16-23,47-65H,24-30H2,1-15H3,(H,71,87)(H,72,86)(H,73,89)/t47-,48+,49+,51+,52+,53+,54-,55-,56-,57+,58+,59+,60-,61-,62-,63-,64-,65-/m0/s1. The molecule has 0 saturated carbocycles. The zero-order chi connectivity index (χ0) is 78.8. The summed E-state index contributed by atoms with van der Waals surface area (Å²) < 4.78 is 98.0. The molecule has 2 aromatic carbocycles. The van der Waals surface area contributed by atoms with Crippen molar-refractivity contribution in [3.63, 3.8) is 0 Å². The number of nitrogens with one attached hydrogen (secondary N) is 3. The van der Waals surface area contributed by atoms with Gasteiger partial charge in [0, 0.05) is 109 Å². The zero-order valence-corrected chi connectivity index (χ0v) is 61.0. The smallest absolute Gasteiger partial charge is 0.407 e. The van der Waals surface area contributed by atoms with E-state index in [0.717, 1.165) is 105 Å². The fourth-order valence-corrected chi connectivity index (χ4v) is 12.7. The first-order valence-corrected chi connectivity index (χ1v) is 33.5. The van der Waals surface area contributed by atoms with E-state index in [1.807, 2.05) is 36.4 Å². The zero-order valence-electron chi connectivity index (χ0n) is 61.0. The van der Waals surface area contributed by atoms with Gasteiger partial charge < -0.3 is 96.5 Å². The monoisotopic (exact) mass is 1500 g/mol. The van der Waals surface area contributed by atoms with Gasteiger partial charge in [0.2, 0.25) is 11.8 Å². The Bertz CT molecular complexity index is 3560. The molecule has 6 rings (SSSR count). The molecule has 4 aliphatic rings. The maximum Gasteiger partial charge on any atom is 0.407 e. The maximum atomic E-state index is 16.0. The molecule has 3 N–H and O–H groups in total. The number of rotatable bonds is 29. The average molecular weight is 1500 g/mol. The van der Waals surface area contributed by atoms with E-state index in [1.54, 1.807) is 12.1 Å². The van der Waals surface area contributed by atoms with Crippen LogP contribution in [0.4, 0.5) is 4.79 Å². The lowest BCUT2D eigenvalue weighted by Gasteiger charge is -2.47. The van der Waals surface area contributed by atoms with Crippen LogP contribution in [0.25, 0.3) is 11.1 Å². The van der Waals surface area contributed by atoms with E-state index in [1.165, 1.54) is 20.8 Å². The summed E-state index contributed by atoms with van der Waals surface area (Å²) in [6.07, 6.45) is -29.8. The Labute approximate surface area is 608 Å². The van der Waals surface area contributed by atoms with Crippen LogP contribution < -0.4 is 16.0 Å². The minimum atomic E-state index is -2.16. The van der Waals surface area contributed by atoms with Gasteiger partial charge in [-0.15, -0.1) is 0 Å². The lowest BCUT2D eigenvalue weighted by Crippen LogP contribution is -2.67. The highest BCUT2D eigenvalue weighted by Gasteiger charge is 2.60. The number of ether oxygens (including phenoxy) is 17. The number of benzene rings is 2. The fraction of sp³-hybridized carbons (Fsp3) is 0.600. The topological polar surface area (TPSA) is 466 Å². The summed E-state index contributed by atoms with van der Waals surface area (Å²) in [5.74, 6) is -23.1. The summed E-state index contributed by atoms with van der Waals surface area (Å²) in [6, 6.07) is 14.8. The molecule has 3 aliphatic heterocycles. The van der Waals surface area contributed by atoms with Gasteiger partial charge in [0.05, 0.1) is 11.8 Å². The van der Waals surface area contributed by atoms with Gasteiger partial charge in [0.1, 0.15) is 74.6 Å². The summed E-state index contributed by atoms with van der Waals surface area (Å²) in [5.41, 5.74) is 1.96. The third-order valence-corrected chi connectivity index (χ3v) is 16.5. The Morgan fingerprint density at radius 3 is 0.915 bits per heavy atom. The highest BCUT2D eigenvalue weighted by Crippen LogP contribution is 2.45. The summed E-state index contributed by atoms with van der Waals surface area (Å²) in [4.78, 5) is 216. The number of carbonyl (C=O) groups is 16. The first kappa shape index (κ1) is 84.6. The van der Waals surface area contributed by atoms with Gasteiger partial charge >= 0.3 is 83.7 Å². The molecule has 3 heterocycles. The van der Waals surface area contributed by atoms with Crippen molar-refractivity contribution >= 4 is 95.5 Å². The van der Waals surface area contributed by atoms with Crippen LogP contribution in [0.15, 0.2) is 48.5 Å². The van der Waals surface area contributed by atoms with Crippen molar-refractivity contribution in [2.75, 3.05) is 46.1 Å². The molecule has 0 bridgehead atoms. The number of hydrogen-bond donors (Lipinski definition) is 3. The molecule has 0 spiro atoms. The number of fused-ring (bicyclic) bond motifs is 3. The summed E-state index contributed by atoms with van der Waals surface area (Å²) in [7, 11) is 0. The molecule has 0 radical (unpaired) electrons. The van der Waals surface area contributed by atoms with E-state index >= 15 is 9.59 Å². The minimum absolute atomic E-state index is 0.287. The predicted molar refractivity (Wildman–Crippen MR) is 351 cm³/mol. The van der Waals surface area contributed by atoms with E-state index in [4.69, 9.17) is 80.5 Å². The predicted octanol–water partition coefficient (Wildman–Crippen LogP) is 1.32. The highest BCUT2D eigenvalue weighted by atomic mass is 16.7. The second-order valence-corrected chi connectivity index (χ2v) is 26.0. The van der Waals surface area contributed by atoms with E-state index in [0.29, 0.717) is 0 Å². The lowest BCUT2D eigenvalue weighted by molar-refractivity contribution is -0.262. The first-order chi connectivity index (χ1) is 49.7. The van der Waals surface area contributed by atoms with Gasteiger partial charge in [-0.1, -0.05) is 48.5 Å². The van der Waals surface area contributed by atoms with Crippen LogP contribution in [0.2, 0.25) is 0 Å². The Morgan fingerprint density at radius 2 is 0.613 bits per heavy atom. The van der Waals surface area contributed by atoms with Crippen molar-refractivity contribution in [3.05, 3.63) is 59.7 Å². The number of amides is 3. The number of carbonyl (C=O) groups excluding carboxylic acids is 16. The molecule has 582 valence electrons. The van der Waals surface area contributed by atoms with Crippen molar-refractivity contribution in [2.24, 2.45) is 17.8 Å². The highest BCUT2D eigenvalue weighted by molar-refractivity contribution is 5.85. The number of alkyl carbamates (subject to hydrolysis) is 1. The van der Waals surface area contributed by atoms with Crippen molar-refractivity contribution in [1.29, 1.82) is 0 Å². The van der Waals surface area contributed by atoms with Crippen LogP contribution in [0.3, 0.4) is 0 Å². The van der Waals surface area contributed by atoms with E-state index in [9.17, 15) is 67.1 Å². The molecule has 36 heteroatoms. The molecule has 2 aromatic rings. The lowest BCUT2D eigenvalue weighted by atomic mass is 9.84. The molecule has 3 fully saturated rings. The second-order valence-electron chi connectivity index (χ2n) is 26.0. The van der Waals surface area contributed by atoms with Crippen LogP contribution in [-0.2, 0) is 152 Å². The molecule has 0 aromatic heterocycles. The molecule has 3 amide bonds.